The van der Waals surface area contributed by atoms with Gasteiger partial charge in [0.2, 0.25) is 0 Å². The zero-order valence-electron chi connectivity index (χ0n) is 7.10. The first-order valence-electron chi connectivity index (χ1n) is 4.18. The van der Waals surface area contributed by atoms with E-state index < -0.39 is 18.0 Å². The number of hydrogen-bond acceptors (Lipinski definition) is 4. The van der Waals surface area contributed by atoms with Gasteiger partial charge in [0.05, 0.1) is 5.92 Å². The van der Waals surface area contributed by atoms with E-state index in [4.69, 9.17) is 14.9 Å². The third kappa shape index (κ3) is 2.42. The van der Waals surface area contributed by atoms with Crippen LogP contribution in [-0.4, -0.2) is 34.9 Å². The predicted octanol–water partition coefficient (Wildman–Crippen LogP) is -0.225. The number of aliphatic hydroxyl groups is 1. The molecule has 13 heavy (non-hydrogen) atoms. The number of carboxylic acid groups (broad SMARTS) is 1. The molecule has 1 aliphatic rings. The smallest absolute Gasteiger partial charge is 0.310 e. The minimum Gasteiger partial charge on any atom is -0.481 e. The average molecular weight is 188 g/mol. The van der Waals surface area contributed by atoms with E-state index in [-0.39, 0.29) is 25.4 Å². The number of carbonyl (C=O) groups is 2. The number of carbonyl (C=O) groups excluding carboxylic acids is 1. The molecule has 0 radical (unpaired) electrons. The molecule has 0 aromatic rings. The monoisotopic (exact) mass is 188 g/mol. The Labute approximate surface area is 75.3 Å². The highest BCUT2D eigenvalue weighted by molar-refractivity contribution is 5.75. The lowest BCUT2D eigenvalue weighted by Crippen LogP contribution is -2.28. The van der Waals surface area contributed by atoms with Crippen LogP contribution in [0.1, 0.15) is 19.3 Å². The van der Waals surface area contributed by atoms with Gasteiger partial charge in [-0.1, -0.05) is 0 Å². The van der Waals surface area contributed by atoms with Gasteiger partial charge in [-0.3, -0.25) is 9.59 Å². The molecule has 0 amide bonds. The summed E-state index contributed by atoms with van der Waals surface area (Å²) in [5.41, 5.74) is 0. The van der Waals surface area contributed by atoms with Gasteiger partial charge in [-0.2, -0.15) is 0 Å². The van der Waals surface area contributed by atoms with Gasteiger partial charge in [0.15, 0.2) is 0 Å². The summed E-state index contributed by atoms with van der Waals surface area (Å²) >= 11 is 0. The second kappa shape index (κ2) is 4.23. The predicted molar refractivity (Wildman–Crippen MR) is 41.9 cm³/mol. The van der Waals surface area contributed by atoms with Crippen molar-refractivity contribution in [3.8, 4) is 0 Å². The minimum atomic E-state index is -1.02. The van der Waals surface area contributed by atoms with Crippen LogP contribution in [-0.2, 0) is 14.3 Å². The van der Waals surface area contributed by atoms with Crippen LogP contribution in [0.15, 0.2) is 0 Å². The summed E-state index contributed by atoms with van der Waals surface area (Å²) in [7, 11) is 0. The van der Waals surface area contributed by atoms with Crippen LogP contribution in [0.5, 0.6) is 0 Å². The van der Waals surface area contributed by atoms with Crippen molar-refractivity contribution in [1.29, 1.82) is 0 Å². The second-order valence-electron chi connectivity index (χ2n) is 3.02. The molecule has 0 aromatic heterocycles. The number of aliphatic carboxylic acids is 1. The lowest BCUT2D eigenvalue weighted by atomic mass is 9.97. The van der Waals surface area contributed by atoms with E-state index >= 15 is 0 Å². The van der Waals surface area contributed by atoms with Gasteiger partial charge < -0.3 is 14.9 Å². The van der Waals surface area contributed by atoms with Crippen LogP contribution in [0, 0.1) is 5.92 Å². The normalized spacial score (nSPS) is 24.1. The third-order valence-electron chi connectivity index (χ3n) is 2.12. The fraction of sp³-hybridized carbons (Fsp3) is 0.750. The Balaban J connectivity index is 2.54. The summed E-state index contributed by atoms with van der Waals surface area (Å²) in [6.07, 6.45) is 0.292. The zero-order chi connectivity index (χ0) is 9.84. The Kier molecular flexibility index (Phi) is 3.25. The van der Waals surface area contributed by atoms with E-state index in [1.54, 1.807) is 0 Å². The first kappa shape index (κ1) is 9.98. The van der Waals surface area contributed by atoms with Gasteiger partial charge in [-0.25, -0.2) is 0 Å². The number of hydrogen-bond donors (Lipinski definition) is 2. The Morgan fingerprint density at radius 1 is 1.69 bits per heavy atom. The maximum atomic E-state index is 10.7. The van der Waals surface area contributed by atoms with E-state index in [9.17, 15) is 9.59 Å². The molecule has 0 saturated carbocycles. The molecule has 0 aromatic carbocycles. The summed E-state index contributed by atoms with van der Waals surface area (Å²) in [5, 5.41) is 17.4. The van der Waals surface area contributed by atoms with Crippen molar-refractivity contribution >= 4 is 11.9 Å². The molecule has 1 saturated heterocycles. The largest absolute Gasteiger partial charge is 0.481 e. The van der Waals surface area contributed by atoms with Crippen LogP contribution >= 0.6 is 0 Å². The van der Waals surface area contributed by atoms with Crippen LogP contribution < -0.4 is 0 Å². The molecular formula is C8H12O5. The Morgan fingerprint density at radius 3 is 2.77 bits per heavy atom. The van der Waals surface area contributed by atoms with Crippen LogP contribution in [0.4, 0.5) is 0 Å². The number of esters is 1. The van der Waals surface area contributed by atoms with E-state index in [0.717, 1.165) is 0 Å². The molecule has 1 rings (SSSR count). The molecule has 1 heterocycles. The molecule has 1 aliphatic heterocycles. The van der Waals surface area contributed by atoms with Crippen molar-refractivity contribution in [2.75, 3.05) is 6.61 Å². The van der Waals surface area contributed by atoms with Crippen LogP contribution in [0.25, 0.3) is 0 Å². The highest BCUT2D eigenvalue weighted by Gasteiger charge is 2.35. The fourth-order valence-corrected chi connectivity index (χ4v) is 1.44. The fourth-order valence-electron chi connectivity index (χ4n) is 1.44. The number of rotatable bonds is 4. The molecule has 5 nitrogen and oxygen atoms in total. The summed E-state index contributed by atoms with van der Waals surface area (Å²) in [5.74, 6) is -2.14. The molecule has 2 unspecified atom stereocenters. The summed E-state index contributed by atoms with van der Waals surface area (Å²) in [6, 6.07) is 0. The van der Waals surface area contributed by atoms with Crippen LogP contribution in [0.3, 0.4) is 0 Å². The minimum absolute atomic E-state index is 0.132. The van der Waals surface area contributed by atoms with E-state index in [0.29, 0.717) is 6.42 Å². The lowest BCUT2D eigenvalue weighted by molar-refractivity contribution is -0.152. The molecule has 0 aliphatic carbocycles. The molecule has 2 N–H and O–H groups in total. The number of carboxylic acids is 1. The summed E-state index contributed by atoms with van der Waals surface area (Å²) in [6.45, 7) is -0.203. The highest BCUT2D eigenvalue weighted by atomic mass is 16.6. The maximum Gasteiger partial charge on any atom is 0.310 e. The molecule has 1 fully saturated rings. The molecular weight excluding hydrogens is 176 g/mol. The standard InChI is InChI=1S/C8H12O5/c9-4-3-5(8(11)12)6-1-2-7(10)13-6/h5-6,9H,1-4H2,(H,11,12). The van der Waals surface area contributed by atoms with Gasteiger partial charge in [0.1, 0.15) is 6.10 Å². The first-order valence-corrected chi connectivity index (χ1v) is 4.18. The van der Waals surface area contributed by atoms with Crippen molar-refractivity contribution in [2.45, 2.75) is 25.4 Å². The number of aliphatic hydroxyl groups excluding tert-OH is 1. The molecule has 2 atom stereocenters. The maximum absolute atomic E-state index is 10.7. The zero-order valence-corrected chi connectivity index (χ0v) is 7.10. The van der Waals surface area contributed by atoms with Crippen molar-refractivity contribution in [3.05, 3.63) is 0 Å². The summed E-state index contributed by atoms with van der Waals surface area (Å²) in [4.78, 5) is 21.4. The number of ether oxygens (including phenoxy) is 1. The first-order chi connectivity index (χ1) is 6.15. The highest BCUT2D eigenvalue weighted by Crippen LogP contribution is 2.23. The Morgan fingerprint density at radius 2 is 2.38 bits per heavy atom. The van der Waals surface area contributed by atoms with Gasteiger partial charge in [0, 0.05) is 13.0 Å². The van der Waals surface area contributed by atoms with Crippen molar-refractivity contribution in [2.24, 2.45) is 5.92 Å². The van der Waals surface area contributed by atoms with Gasteiger partial charge in [0.25, 0.3) is 0 Å². The second-order valence-corrected chi connectivity index (χ2v) is 3.02. The quantitative estimate of drug-likeness (QED) is 0.595. The van der Waals surface area contributed by atoms with E-state index in [1.807, 2.05) is 0 Å². The molecule has 0 spiro atoms. The molecule has 0 bridgehead atoms. The SMILES string of the molecule is O=C1CCC(C(CCO)C(=O)O)O1. The topological polar surface area (TPSA) is 83.8 Å². The Bertz CT molecular complexity index is 213. The average Bonchev–Trinajstić information content (AvgIpc) is 2.46. The summed E-state index contributed by atoms with van der Waals surface area (Å²) < 4.78 is 4.81. The molecule has 74 valence electrons. The van der Waals surface area contributed by atoms with Crippen molar-refractivity contribution < 1.29 is 24.5 Å². The Hall–Kier alpha value is -1.10. The van der Waals surface area contributed by atoms with Gasteiger partial charge in [-0.15, -0.1) is 0 Å². The van der Waals surface area contributed by atoms with E-state index in [2.05, 4.69) is 0 Å². The van der Waals surface area contributed by atoms with Crippen LogP contribution in [0.2, 0.25) is 0 Å². The van der Waals surface area contributed by atoms with E-state index in [1.165, 1.54) is 0 Å². The van der Waals surface area contributed by atoms with Crippen molar-refractivity contribution in [1.82, 2.24) is 0 Å². The van der Waals surface area contributed by atoms with Gasteiger partial charge in [-0.05, 0) is 12.8 Å². The lowest BCUT2D eigenvalue weighted by Gasteiger charge is -2.16. The van der Waals surface area contributed by atoms with Gasteiger partial charge >= 0.3 is 11.9 Å². The number of cyclic esters (lactones) is 1. The van der Waals surface area contributed by atoms with Crippen molar-refractivity contribution in [3.63, 3.8) is 0 Å². The third-order valence-corrected chi connectivity index (χ3v) is 2.12. The molecule has 5 heteroatoms.